The van der Waals surface area contributed by atoms with Gasteiger partial charge in [-0.15, -0.1) is 0 Å². The van der Waals surface area contributed by atoms with Crippen LogP contribution >= 0.6 is 0 Å². The summed E-state index contributed by atoms with van der Waals surface area (Å²) in [6.07, 6.45) is 5.07. The summed E-state index contributed by atoms with van der Waals surface area (Å²) in [4.78, 5) is 32.5. The van der Waals surface area contributed by atoms with Gasteiger partial charge in [-0.25, -0.2) is 4.98 Å². The molecule has 29 heavy (non-hydrogen) atoms. The van der Waals surface area contributed by atoms with Crippen LogP contribution in [-0.2, 0) is 24.1 Å². The van der Waals surface area contributed by atoms with E-state index in [-0.39, 0.29) is 17.9 Å². The van der Waals surface area contributed by atoms with Crippen molar-refractivity contribution in [3.8, 4) is 11.4 Å². The first kappa shape index (κ1) is 19.1. The van der Waals surface area contributed by atoms with Gasteiger partial charge in [-0.3, -0.25) is 9.59 Å². The number of rotatable bonds is 5. The van der Waals surface area contributed by atoms with Crippen molar-refractivity contribution in [1.82, 2.24) is 9.97 Å². The Bertz CT molecular complexity index is 1090. The Balaban J connectivity index is 1.45. The molecule has 1 aliphatic carbocycles. The van der Waals surface area contributed by atoms with Crippen molar-refractivity contribution in [2.45, 2.75) is 45.4 Å². The number of hydrogen-bond acceptors (Lipinski definition) is 3. The summed E-state index contributed by atoms with van der Waals surface area (Å²) in [6.45, 7) is 1.82. The van der Waals surface area contributed by atoms with Crippen molar-refractivity contribution in [3.63, 3.8) is 0 Å². The maximum Gasteiger partial charge on any atom is 0.254 e. The molecular weight excluding hydrogens is 362 g/mol. The van der Waals surface area contributed by atoms with Crippen LogP contribution in [0, 0.1) is 6.92 Å². The first-order valence-corrected chi connectivity index (χ1v) is 10.2. The number of aryl methyl sites for hydroxylation is 2. The molecular formula is C24H25N3O2. The van der Waals surface area contributed by atoms with Crippen molar-refractivity contribution >= 4 is 11.6 Å². The molecule has 1 heterocycles. The molecule has 1 aliphatic rings. The molecule has 0 unspecified atom stereocenters. The lowest BCUT2D eigenvalue weighted by atomic mass is 9.90. The molecule has 0 aliphatic heterocycles. The SMILES string of the molecule is Cc1nc(-c2ccccc2)[nH]c(=O)c1CCC(=O)Nc1cccc2c1CCCC2. The Labute approximate surface area is 170 Å². The van der Waals surface area contributed by atoms with Crippen LogP contribution in [0.3, 0.4) is 0 Å². The van der Waals surface area contributed by atoms with Gasteiger partial charge in [-0.1, -0.05) is 42.5 Å². The zero-order chi connectivity index (χ0) is 20.2. The lowest BCUT2D eigenvalue weighted by Crippen LogP contribution is -2.21. The number of fused-ring (bicyclic) bond motifs is 1. The van der Waals surface area contributed by atoms with E-state index in [1.807, 2.05) is 49.4 Å². The normalized spacial score (nSPS) is 13.0. The molecule has 5 nitrogen and oxygen atoms in total. The summed E-state index contributed by atoms with van der Waals surface area (Å²) >= 11 is 0. The van der Waals surface area contributed by atoms with Crippen LogP contribution in [0.5, 0.6) is 0 Å². The molecule has 0 bridgehead atoms. The van der Waals surface area contributed by atoms with Crippen LogP contribution < -0.4 is 10.9 Å². The quantitative estimate of drug-likeness (QED) is 0.689. The summed E-state index contributed by atoms with van der Waals surface area (Å²) in [5.74, 6) is 0.479. The maximum absolute atomic E-state index is 12.6. The minimum Gasteiger partial charge on any atom is -0.326 e. The number of carbonyl (C=O) groups is 1. The number of aromatic amines is 1. The van der Waals surface area contributed by atoms with Gasteiger partial charge in [-0.05, 0) is 56.2 Å². The predicted molar refractivity (Wildman–Crippen MR) is 115 cm³/mol. The third-order valence-corrected chi connectivity index (χ3v) is 5.54. The van der Waals surface area contributed by atoms with Gasteiger partial charge >= 0.3 is 0 Å². The number of carbonyl (C=O) groups excluding carboxylic acids is 1. The highest BCUT2D eigenvalue weighted by molar-refractivity contribution is 5.91. The molecule has 0 saturated carbocycles. The third kappa shape index (κ3) is 4.29. The van der Waals surface area contributed by atoms with Crippen LogP contribution in [0.15, 0.2) is 53.3 Å². The second kappa shape index (κ2) is 8.43. The minimum atomic E-state index is -0.179. The lowest BCUT2D eigenvalue weighted by molar-refractivity contribution is -0.116. The van der Waals surface area contributed by atoms with Gasteiger partial charge in [0, 0.05) is 28.9 Å². The second-order valence-electron chi connectivity index (χ2n) is 7.54. The van der Waals surface area contributed by atoms with Gasteiger partial charge < -0.3 is 10.3 Å². The van der Waals surface area contributed by atoms with Gasteiger partial charge in [-0.2, -0.15) is 0 Å². The molecule has 2 aromatic carbocycles. The topological polar surface area (TPSA) is 74.8 Å². The van der Waals surface area contributed by atoms with Crippen molar-refractivity contribution in [2.24, 2.45) is 0 Å². The molecule has 0 saturated heterocycles. The fraction of sp³-hybridized carbons (Fsp3) is 0.292. The van der Waals surface area contributed by atoms with E-state index in [9.17, 15) is 9.59 Å². The van der Waals surface area contributed by atoms with Gasteiger partial charge in [0.2, 0.25) is 5.91 Å². The molecule has 0 fully saturated rings. The highest BCUT2D eigenvalue weighted by atomic mass is 16.1. The Hall–Kier alpha value is -3.21. The summed E-state index contributed by atoms with van der Waals surface area (Å²) in [5, 5.41) is 3.04. The monoisotopic (exact) mass is 387 g/mol. The van der Waals surface area contributed by atoms with Crippen molar-refractivity contribution < 1.29 is 4.79 Å². The van der Waals surface area contributed by atoms with Crippen LogP contribution in [0.4, 0.5) is 5.69 Å². The van der Waals surface area contributed by atoms with Crippen LogP contribution in [0.2, 0.25) is 0 Å². The van der Waals surface area contributed by atoms with E-state index < -0.39 is 0 Å². The molecule has 2 N–H and O–H groups in total. The Kier molecular flexibility index (Phi) is 5.56. The van der Waals surface area contributed by atoms with E-state index in [0.717, 1.165) is 30.5 Å². The van der Waals surface area contributed by atoms with E-state index in [1.54, 1.807) is 0 Å². The summed E-state index contributed by atoms with van der Waals surface area (Å²) in [7, 11) is 0. The van der Waals surface area contributed by atoms with Gasteiger partial charge in [0.1, 0.15) is 5.82 Å². The van der Waals surface area contributed by atoms with E-state index in [2.05, 4.69) is 21.4 Å². The molecule has 0 radical (unpaired) electrons. The fourth-order valence-electron chi connectivity index (χ4n) is 3.99. The number of aromatic nitrogens is 2. The molecule has 0 spiro atoms. The van der Waals surface area contributed by atoms with Crippen molar-refractivity contribution in [3.05, 3.63) is 81.3 Å². The number of amides is 1. The number of nitrogens with zero attached hydrogens (tertiary/aromatic N) is 1. The zero-order valence-electron chi connectivity index (χ0n) is 16.6. The van der Waals surface area contributed by atoms with E-state index in [4.69, 9.17) is 0 Å². The van der Waals surface area contributed by atoms with Gasteiger partial charge in [0.15, 0.2) is 0 Å². The molecule has 0 atom stereocenters. The largest absolute Gasteiger partial charge is 0.326 e. The Morgan fingerprint density at radius 2 is 1.86 bits per heavy atom. The van der Waals surface area contributed by atoms with Gasteiger partial charge in [0.25, 0.3) is 5.56 Å². The van der Waals surface area contributed by atoms with E-state index >= 15 is 0 Å². The standard InChI is InChI=1S/C24H25N3O2/c1-16-19(24(29)27-23(25-16)18-9-3-2-4-10-18)14-15-22(28)26-21-13-7-11-17-8-5-6-12-20(17)21/h2-4,7,9-11,13H,5-6,8,12,14-15H2,1H3,(H,26,28)(H,25,27,29). The van der Waals surface area contributed by atoms with Crippen LogP contribution in [-0.4, -0.2) is 15.9 Å². The van der Waals surface area contributed by atoms with E-state index in [0.29, 0.717) is 23.5 Å². The minimum absolute atomic E-state index is 0.0742. The number of benzene rings is 2. The third-order valence-electron chi connectivity index (χ3n) is 5.54. The van der Waals surface area contributed by atoms with Crippen LogP contribution in [0.25, 0.3) is 11.4 Å². The molecule has 1 aromatic heterocycles. The first-order chi connectivity index (χ1) is 14.1. The summed E-state index contributed by atoms with van der Waals surface area (Å²) in [5.41, 5.74) is 5.42. The first-order valence-electron chi connectivity index (χ1n) is 10.2. The molecule has 5 heteroatoms. The highest BCUT2D eigenvalue weighted by Gasteiger charge is 2.16. The number of nitrogens with one attached hydrogen (secondary N) is 2. The lowest BCUT2D eigenvalue weighted by Gasteiger charge is -2.19. The second-order valence-corrected chi connectivity index (χ2v) is 7.54. The number of hydrogen-bond donors (Lipinski definition) is 2. The zero-order valence-corrected chi connectivity index (χ0v) is 16.6. The maximum atomic E-state index is 12.6. The Morgan fingerprint density at radius 3 is 2.66 bits per heavy atom. The molecule has 4 rings (SSSR count). The number of anilines is 1. The van der Waals surface area contributed by atoms with Crippen molar-refractivity contribution in [1.29, 1.82) is 0 Å². The summed E-state index contributed by atoms with van der Waals surface area (Å²) < 4.78 is 0. The molecule has 3 aromatic rings. The molecule has 148 valence electrons. The average molecular weight is 387 g/mol. The van der Waals surface area contributed by atoms with Gasteiger partial charge in [0.05, 0.1) is 0 Å². The van der Waals surface area contributed by atoms with Crippen molar-refractivity contribution in [2.75, 3.05) is 5.32 Å². The molecule has 1 amide bonds. The predicted octanol–water partition coefficient (Wildman–Crippen LogP) is 4.20. The smallest absolute Gasteiger partial charge is 0.254 e. The van der Waals surface area contributed by atoms with E-state index in [1.165, 1.54) is 17.5 Å². The van der Waals surface area contributed by atoms with Crippen LogP contribution in [0.1, 0.15) is 41.6 Å². The fourth-order valence-corrected chi connectivity index (χ4v) is 3.99. The summed E-state index contributed by atoms with van der Waals surface area (Å²) in [6, 6.07) is 15.7. The number of H-pyrrole nitrogens is 1. The average Bonchev–Trinajstić information content (AvgIpc) is 2.74. The highest BCUT2D eigenvalue weighted by Crippen LogP contribution is 2.28. The Morgan fingerprint density at radius 1 is 1.07 bits per heavy atom.